The molecule has 0 radical (unpaired) electrons. The van der Waals surface area contributed by atoms with Crippen LogP contribution in [0.3, 0.4) is 0 Å². The van der Waals surface area contributed by atoms with E-state index in [1.807, 2.05) is 0 Å². The summed E-state index contributed by atoms with van der Waals surface area (Å²) in [7, 11) is 0. The zero-order valence-corrected chi connectivity index (χ0v) is 9.46. The molecule has 0 aliphatic heterocycles. The van der Waals surface area contributed by atoms with E-state index in [9.17, 15) is 4.79 Å². The number of nitrogens with one attached hydrogen (secondary N) is 1. The number of urea groups is 1. The third kappa shape index (κ3) is 4.81. The molecule has 2 amide bonds. The Morgan fingerprint density at radius 3 is 3.13 bits per heavy atom. The van der Waals surface area contributed by atoms with Gasteiger partial charge in [-0.2, -0.15) is 5.10 Å². The first kappa shape index (κ1) is 12.0. The Bertz CT molecular complexity index is 238. The predicted molar refractivity (Wildman–Crippen MR) is 61.6 cm³/mol. The van der Waals surface area contributed by atoms with Crippen LogP contribution in [0.5, 0.6) is 0 Å². The van der Waals surface area contributed by atoms with E-state index >= 15 is 0 Å². The summed E-state index contributed by atoms with van der Waals surface area (Å²) in [6.45, 7) is 2.21. The van der Waals surface area contributed by atoms with Crippen molar-refractivity contribution in [3.05, 3.63) is 0 Å². The molecular formula is C11H21N3O. The van der Waals surface area contributed by atoms with E-state index in [1.165, 1.54) is 32.1 Å². The van der Waals surface area contributed by atoms with Gasteiger partial charge in [0.15, 0.2) is 0 Å². The van der Waals surface area contributed by atoms with Crippen LogP contribution in [-0.2, 0) is 0 Å². The fourth-order valence-electron chi connectivity index (χ4n) is 2.11. The molecule has 86 valence electrons. The number of carbonyl (C=O) groups is 1. The van der Waals surface area contributed by atoms with Crippen LogP contribution in [0.15, 0.2) is 5.10 Å². The Morgan fingerprint density at radius 2 is 2.47 bits per heavy atom. The molecule has 1 saturated carbocycles. The number of amides is 2. The number of nitrogens with zero attached hydrogens (tertiary/aromatic N) is 1. The summed E-state index contributed by atoms with van der Waals surface area (Å²) >= 11 is 0. The minimum absolute atomic E-state index is 0.571. The highest BCUT2D eigenvalue weighted by atomic mass is 16.2. The van der Waals surface area contributed by atoms with Crippen molar-refractivity contribution >= 4 is 11.7 Å². The van der Waals surface area contributed by atoms with Crippen molar-refractivity contribution in [1.29, 1.82) is 0 Å². The normalized spacial score (nSPS) is 24.1. The van der Waals surface area contributed by atoms with Crippen molar-refractivity contribution in [2.24, 2.45) is 16.8 Å². The molecule has 0 aromatic carbocycles. The molecular weight excluding hydrogens is 190 g/mol. The molecule has 4 nitrogen and oxygen atoms in total. The zero-order chi connectivity index (χ0) is 11.1. The summed E-state index contributed by atoms with van der Waals surface area (Å²) in [5.41, 5.74) is 8.38. The molecule has 1 atom stereocenters. The third-order valence-electron chi connectivity index (χ3n) is 2.89. The van der Waals surface area contributed by atoms with Crippen LogP contribution < -0.4 is 11.2 Å². The summed E-state index contributed by atoms with van der Waals surface area (Å²) in [5.74, 6) is 0.757. The first-order chi connectivity index (χ1) is 7.22. The summed E-state index contributed by atoms with van der Waals surface area (Å²) in [5, 5.41) is 4.03. The monoisotopic (exact) mass is 211 g/mol. The quantitative estimate of drug-likeness (QED) is 0.689. The van der Waals surface area contributed by atoms with E-state index in [4.69, 9.17) is 5.73 Å². The Morgan fingerprint density at radius 1 is 1.67 bits per heavy atom. The van der Waals surface area contributed by atoms with Crippen LogP contribution in [0.25, 0.3) is 0 Å². The van der Waals surface area contributed by atoms with Gasteiger partial charge in [0.05, 0.1) is 0 Å². The van der Waals surface area contributed by atoms with Gasteiger partial charge in [0, 0.05) is 5.71 Å². The lowest BCUT2D eigenvalue weighted by Gasteiger charge is -2.22. The molecule has 1 fully saturated rings. The molecule has 1 aliphatic carbocycles. The van der Waals surface area contributed by atoms with Crippen LogP contribution in [-0.4, -0.2) is 11.7 Å². The van der Waals surface area contributed by atoms with Crippen LogP contribution in [0.4, 0.5) is 4.79 Å². The molecule has 1 rings (SSSR count). The van der Waals surface area contributed by atoms with E-state index in [2.05, 4.69) is 17.5 Å². The molecule has 0 aromatic heterocycles. The average molecular weight is 211 g/mol. The fraction of sp³-hybridized carbons (Fsp3) is 0.818. The van der Waals surface area contributed by atoms with Crippen molar-refractivity contribution in [3.8, 4) is 0 Å². The van der Waals surface area contributed by atoms with Crippen molar-refractivity contribution in [2.45, 2.75) is 51.9 Å². The average Bonchev–Trinajstić information content (AvgIpc) is 2.24. The number of primary amides is 1. The summed E-state index contributed by atoms with van der Waals surface area (Å²) in [4.78, 5) is 10.5. The lowest BCUT2D eigenvalue weighted by atomic mass is 9.84. The molecule has 0 aromatic rings. The second-order valence-corrected chi connectivity index (χ2v) is 4.26. The van der Waals surface area contributed by atoms with E-state index in [0.717, 1.165) is 24.5 Å². The first-order valence-electron chi connectivity index (χ1n) is 5.83. The molecule has 1 aliphatic rings. The van der Waals surface area contributed by atoms with Gasteiger partial charge in [-0.25, -0.2) is 10.2 Å². The maximum atomic E-state index is 10.5. The number of unbranched alkanes of at least 4 members (excludes halogenated alkanes) is 1. The number of carbonyl (C=O) groups excluding carboxylic acids is 1. The molecule has 0 saturated heterocycles. The Kier molecular flexibility index (Phi) is 5.15. The highest BCUT2D eigenvalue weighted by Crippen LogP contribution is 2.26. The summed E-state index contributed by atoms with van der Waals surface area (Å²) in [6, 6.07) is -0.571. The molecule has 0 bridgehead atoms. The Labute approximate surface area is 91.3 Å². The Hall–Kier alpha value is -1.06. The molecule has 0 unspecified atom stereocenters. The smallest absolute Gasteiger partial charge is 0.332 e. The lowest BCUT2D eigenvalue weighted by Crippen LogP contribution is -2.27. The second-order valence-electron chi connectivity index (χ2n) is 4.26. The second kappa shape index (κ2) is 6.43. The van der Waals surface area contributed by atoms with Gasteiger partial charge in [0.1, 0.15) is 0 Å². The highest BCUT2D eigenvalue weighted by Gasteiger charge is 2.17. The summed E-state index contributed by atoms with van der Waals surface area (Å²) < 4.78 is 0. The topological polar surface area (TPSA) is 67.5 Å². The van der Waals surface area contributed by atoms with Gasteiger partial charge < -0.3 is 5.73 Å². The minimum Gasteiger partial charge on any atom is -0.350 e. The number of hydrazone groups is 1. The van der Waals surface area contributed by atoms with Gasteiger partial charge in [-0.15, -0.1) is 0 Å². The van der Waals surface area contributed by atoms with Gasteiger partial charge in [0.2, 0.25) is 0 Å². The van der Waals surface area contributed by atoms with Gasteiger partial charge in [-0.1, -0.05) is 26.2 Å². The number of hydrogen-bond donors (Lipinski definition) is 2. The van der Waals surface area contributed by atoms with Crippen molar-refractivity contribution in [3.63, 3.8) is 0 Å². The van der Waals surface area contributed by atoms with Gasteiger partial charge in [-0.05, 0) is 31.6 Å². The molecule has 15 heavy (non-hydrogen) atoms. The maximum Gasteiger partial charge on any atom is 0.332 e. The van der Waals surface area contributed by atoms with Crippen molar-refractivity contribution in [1.82, 2.24) is 5.43 Å². The van der Waals surface area contributed by atoms with Gasteiger partial charge >= 0.3 is 6.03 Å². The number of hydrogen-bond acceptors (Lipinski definition) is 2. The fourth-order valence-corrected chi connectivity index (χ4v) is 2.11. The largest absolute Gasteiger partial charge is 0.350 e. The first-order valence-corrected chi connectivity index (χ1v) is 5.83. The van der Waals surface area contributed by atoms with Crippen LogP contribution in [0, 0.1) is 5.92 Å². The van der Waals surface area contributed by atoms with Gasteiger partial charge in [-0.3, -0.25) is 0 Å². The SMILES string of the molecule is CCCC[C@H]1CCC/C(=N\NC(N)=O)C1. The zero-order valence-electron chi connectivity index (χ0n) is 9.46. The number of nitrogens with two attached hydrogens (primary N) is 1. The number of rotatable bonds is 4. The molecule has 3 N–H and O–H groups in total. The maximum absolute atomic E-state index is 10.5. The van der Waals surface area contributed by atoms with Crippen LogP contribution in [0.1, 0.15) is 51.9 Å². The van der Waals surface area contributed by atoms with Crippen LogP contribution >= 0.6 is 0 Å². The standard InChI is InChI=1S/C11H21N3O/c1-2-3-5-9-6-4-7-10(8-9)13-14-11(12)15/h9H,2-8H2,1H3,(H3,12,14,15)/b13-10+/t9-/m0/s1. The molecule has 4 heteroatoms. The minimum atomic E-state index is -0.571. The van der Waals surface area contributed by atoms with Crippen molar-refractivity contribution in [2.75, 3.05) is 0 Å². The highest BCUT2D eigenvalue weighted by molar-refractivity contribution is 5.86. The van der Waals surface area contributed by atoms with E-state index in [0.29, 0.717) is 0 Å². The molecule has 0 spiro atoms. The predicted octanol–water partition coefficient (Wildman–Crippen LogP) is 2.39. The van der Waals surface area contributed by atoms with E-state index in [1.54, 1.807) is 0 Å². The lowest BCUT2D eigenvalue weighted by molar-refractivity contribution is 0.249. The van der Waals surface area contributed by atoms with Gasteiger partial charge in [0.25, 0.3) is 0 Å². The van der Waals surface area contributed by atoms with E-state index < -0.39 is 6.03 Å². The Balaban J connectivity index is 2.34. The molecule has 0 heterocycles. The van der Waals surface area contributed by atoms with E-state index in [-0.39, 0.29) is 0 Å². The van der Waals surface area contributed by atoms with Crippen LogP contribution in [0.2, 0.25) is 0 Å². The van der Waals surface area contributed by atoms with Crippen molar-refractivity contribution < 1.29 is 4.79 Å². The summed E-state index contributed by atoms with van der Waals surface area (Å²) in [6.07, 6.45) is 8.35. The third-order valence-corrected chi connectivity index (χ3v) is 2.89.